The fraction of sp³-hybridized carbons (Fsp3) is 0.244. The summed E-state index contributed by atoms with van der Waals surface area (Å²) in [5.41, 5.74) is 6.26. The molecule has 2 N–H and O–H groups in total. The molecule has 8 rings (SSSR count). The first-order valence-electron chi connectivity index (χ1n) is 16.9. The SMILES string of the molecule is CC(=O)c1ccc(N2C(=O)[C@H]3[C@H](CC=C4[C@H]3C[C@H]3C(=O)N(Nc5ccc(C)cc5)C(=O)[C@@]3(c3ccccc3)[C@H]4c3cccc(O)c3)C2=O)cc1. The molecule has 4 amide bonds. The van der Waals surface area contributed by atoms with Crippen LogP contribution in [0.3, 0.4) is 0 Å². The van der Waals surface area contributed by atoms with Crippen LogP contribution in [0.2, 0.25) is 0 Å². The molecule has 2 saturated heterocycles. The number of anilines is 2. The van der Waals surface area contributed by atoms with E-state index in [1.54, 1.807) is 42.5 Å². The van der Waals surface area contributed by atoms with Crippen LogP contribution in [0, 0.1) is 30.6 Å². The number of hydrogen-bond acceptors (Lipinski definition) is 7. The third-order valence-electron chi connectivity index (χ3n) is 11.1. The third kappa shape index (κ3) is 4.56. The number of carbonyl (C=O) groups is 5. The van der Waals surface area contributed by atoms with E-state index in [2.05, 4.69) is 5.43 Å². The third-order valence-corrected chi connectivity index (χ3v) is 11.1. The van der Waals surface area contributed by atoms with Gasteiger partial charge in [-0.1, -0.05) is 71.8 Å². The highest BCUT2D eigenvalue weighted by Crippen LogP contribution is 2.64. The summed E-state index contributed by atoms with van der Waals surface area (Å²) >= 11 is 0. The van der Waals surface area contributed by atoms with Crippen LogP contribution in [0.5, 0.6) is 5.75 Å². The molecule has 4 aliphatic rings. The van der Waals surface area contributed by atoms with Gasteiger partial charge in [-0.3, -0.25) is 34.3 Å². The summed E-state index contributed by atoms with van der Waals surface area (Å²) in [4.78, 5) is 71.4. The van der Waals surface area contributed by atoms with E-state index in [0.29, 0.717) is 28.1 Å². The van der Waals surface area contributed by atoms with Crippen LogP contribution in [0.15, 0.2) is 115 Å². The lowest BCUT2D eigenvalue weighted by Gasteiger charge is -2.50. The summed E-state index contributed by atoms with van der Waals surface area (Å²) in [6.07, 6.45) is 2.44. The number of phenolic OH excluding ortho intramolecular Hbond substituents is 1. The molecule has 9 nitrogen and oxygen atoms in total. The predicted molar refractivity (Wildman–Crippen MR) is 186 cm³/mol. The van der Waals surface area contributed by atoms with Gasteiger partial charge < -0.3 is 5.11 Å². The average Bonchev–Trinajstić information content (AvgIpc) is 3.50. The number of benzene rings is 4. The number of aromatic hydroxyl groups is 1. The van der Waals surface area contributed by atoms with Crippen LogP contribution in [0.1, 0.15) is 52.7 Å². The standard InChI is InChI=1S/C41H35N3O6/c1-23-11-15-28(16-12-23)42-44-38(48)34-22-33-31(19-20-32-35(33)39(49)43(37(32)47)29-17-13-25(14-18-29)24(2)45)36(26-7-6-10-30(46)21-26)41(34,40(44)50)27-8-4-3-5-9-27/h3-19,21,32-36,42,46H,20,22H2,1-2H3/t32-,33+,34-,35-,36-,41+/m0/s1. The van der Waals surface area contributed by atoms with Crippen molar-refractivity contribution in [1.82, 2.24) is 5.01 Å². The highest BCUT2D eigenvalue weighted by atomic mass is 16.3. The minimum Gasteiger partial charge on any atom is -0.508 e. The largest absolute Gasteiger partial charge is 0.508 e. The van der Waals surface area contributed by atoms with Crippen molar-refractivity contribution in [3.8, 4) is 5.75 Å². The van der Waals surface area contributed by atoms with Crippen molar-refractivity contribution < 1.29 is 29.1 Å². The molecular formula is C41H35N3O6. The first-order chi connectivity index (χ1) is 24.1. The highest BCUT2D eigenvalue weighted by Gasteiger charge is 2.70. The Morgan fingerprint density at radius 2 is 1.54 bits per heavy atom. The second-order valence-electron chi connectivity index (χ2n) is 13.8. The van der Waals surface area contributed by atoms with Crippen molar-refractivity contribution >= 4 is 40.8 Å². The van der Waals surface area contributed by atoms with Gasteiger partial charge in [-0.15, -0.1) is 0 Å². The number of nitrogens with zero attached hydrogens (tertiary/aromatic N) is 2. The topological polar surface area (TPSA) is 124 Å². The molecule has 1 saturated carbocycles. The van der Waals surface area contributed by atoms with Gasteiger partial charge in [-0.25, -0.2) is 0 Å². The summed E-state index contributed by atoms with van der Waals surface area (Å²) in [5.74, 6) is -5.19. The average molecular weight is 666 g/mol. The van der Waals surface area contributed by atoms with Crippen LogP contribution in [-0.4, -0.2) is 39.5 Å². The Morgan fingerprint density at radius 3 is 2.22 bits per heavy atom. The number of aryl methyl sites for hydroxylation is 1. The minimum atomic E-state index is -1.41. The second kappa shape index (κ2) is 11.7. The van der Waals surface area contributed by atoms with Crippen molar-refractivity contribution in [3.63, 3.8) is 0 Å². The fourth-order valence-corrected chi connectivity index (χ4v) is 8.93. The molecular weight excluding hydrogens is 630 g/mol. The molecule has 0 bridgehead atoms. The lowest BCUT2D eigenvalue weighted by Crippen LogP contribution is -2.53. The number of Topliss-reactive ketones (excluding diaryl/α,β-unsaturated/α-hetero) is 1. The van der Waals surface area contributed by atoms with E-state index in [-0.39, 0.29) is 36.2 Å². The number of hydrazine groups is 1. The van der Waals surface area contributed by atoms with Crippen LogP contribution < -0.4 is 10.3 Å². The molecule has 3 fully saturated rings. The van der Waals surface area contributed by atoms with E-state index >= 15 is 4.79 Å². The van der Waals surface area contributed by atoms with Gasteiger partial charge in [-0.2, -0.15) is 5.01 Å². The Kier molecular flexibility index (Phi) is 7.33. The first-order valence-corrected chi connectivity index (χ1v) is 16.9. The molecule has 0 radical (unpaired) electrons. The molecule has 2 aliphatic heterocycles. The molecule has 250 valence electrons. The number of imide groups is 2. The molecule has 0 unspecified atom stereocenters. The van der Waals surface area contributed by atoms with E-state index in [9.17, 15) is 24.3 Å². The van der Waals surface area contributed by atoms with Crippen molar-refractivity contribution in [1.29, 1.82) is 0 Å². The first kappa shape index (κ1) is 31.4. The smallest absolute Gasteiger partial charge is 0.260 e. The maximum Gasteiger partial charge on any atom is 0.260 e. The van der Waals surface area contributed by atoms with Crippen molar-refractivity contribution in [2.24, 2.45) is 23.7 Å². The molecule has 2 heterocycles. The van der Waals surface area contributed by atoms with Gasteiger partial charge in [0, 0.05) is 11.5 Å². The number of nitrogens with one attached hydrogen (secondary N) is 1. The number of rotatable bonds is 6. The van der Waals surface area contributed by atoms with Gasteiger partial charge in [-0.05, 0) is 92.3 Å². The normalized spacial score (nSPS) is 27.1. The Balaban J connectivity index is 1.28. The van der Waals surface area contributed by atoms with Crippen molar-refractivity contribution in [2.45, 2.75) is 38.0 Å². The van der Waals surface area contributed by atoms with E-state index in [1.807, 2.05) is 73.7 Å². The van der Waals surface area contributed by atoms with Crippen molar-refractivity contribution in [3.05, 3.63) is 137 Å². The second-order valence-corrected chi connectivity index (χ2v) is 13.8. The summed E-state index contributed by atoms with van der Waals surface area (Å²) in [5, 5.41) is 11.9. The number of phenols is 1. The van der Waals surface area contributed by atoms with Gasteiger partial charge in [0.2, 0.25) is 11.8 Å². The monoisotopic (exact) mass is 665 g/mol. The fourth-order valence-electron chi connectivity index (χ4n) is 8.93. The number of ketones is 1. The lowest BCUT2D eigenvalue weighted by atomic mass is 9.49. The summed E-state index contributed by atoms with van der Waals surface area (Å²) in [6, 6.07) is 29.9. The van der Waals surface area contributed by atoms with Gasteiger partial charge >= 0.3 is 0 Å². The zero-order valence-electron chi connectivity index (χ0n) is 27.6. The van der Waals surface area contributed by atoms with Crippen LogP contribution >= 0.6 is 0 Å². The van der Waals surface area contributed by atoms with E-state index < -0.39 is 46.8 Å². The molecule has 0 spiro atoms. The molecule has 9 heteroatoms. The zero-order chi connectivity index (χ0) is 34.9. The summed E-state index contributed by atoms with van der Waals surface area (Å²) < 4.78 is 0. The number of hydrogen-bond donors (Lipinski definition) is 2. The van der Waals surface area contributed by atoms with Gasteiger partial charge in [0.05, 0.1) is 34.5 Å². The highest BCUT2D eigenvalue weighted by molar-refractivity contribution is 6.22. The molecule has 4 aromatic rings. The number of amides is 4. The van der Waals surface area contributed by atoms with Gasteiger partial charge in [0.15, 0.2) is 5.78 Å². The molecule has 0 aromatic heterocycles. The Hall–Kier alpha value is -5.83. The Bertz CT molecular complexity index is 2110. The van der Waals surface area contributed by atoms with E-state index in [4.69, 9.17) is 0 Å². The van der Waals surface area contributed by atoms with Crippen LogP contribution in [-0.2, 0) is 24.6 Å². The minimum absolute atomic E-state index is 0.0115. The summed E-state index contributed by atoms with van der Waals surface area (Å²) in [7, 11) is 0. The van der Waals surface area contributed by atoms with E-state index in [0.717, 1.165) is 16.1 Å². The number of fused-ring (bicyclic) bond motifs is 4. The van der Waals surface area contributed by atoms with Gasteiger partial charge in [0.25, 0.3) is 11.8 Å². The molecule has 2 aliphatic carbocycles. The van der Waals surface area contributed by atoms with Crippen LogP contribution in [0.25, 0.3) is 0 Å². The molecule has 50 heavy (non-hydrogen) atoms. The molecule has 6 atom stereocenters. The summed E-state index contributed by atoms with van der Waals surface area (Å²) in [6.45, 7) is 3.41. The zero-order valence-corrected chi connectivity index (χ0v) is 27.6. The maximum absolute atomic E-state index is 15.1. The maximum atomic E-state index is 15.1. The number of carbonyl (C=O) groups excluding carboxylic acids is 5. The molecule has 4 aromatic carbocycles. The van der Waals surface area contributed by atoms with Crippen molar-refractivity contribution in [2.75, 3.05) is 10.3 Å². The quantitative estimate of drug-likeness (QED) is 0.145. The Labute approximate surface area is 289 Å². The predicted octanol–water partition coefficient (Wildman–Crippen LogP) is 6.09. The van der Waals surface area contributed by atoms with Gasteiger partial charge in [0.1, 0.15) is 5.75 Å². The van der Waals surface area contributed by atoms with Crippen LogP contribution in [0.4, 0.5) is 11.4 Å². The van der Waals surface area contributed by atoms with E-state index in [1.165, 1.54) is 11.8 Å². The number of allylic oxidation sites excluding steroid dienone is 2. The lowest BCUT2D eigenvalue weighted by molar-refractivity contribution is -0.138. The Morgan fingerprint density at radius 1 is 0.820 bits per heavy atom.